The van der Waals surface area contributed by atoms with Crippen LogP contribution in [0.2, 0.25) is 0 Å². The molecular weight excluding hydrogens is 436 g/mol. The Morgan fingerprint density at radius 1 is 1.06 bits per heavy atom. The van der Waals surface area contributed by atoms with Crippen molar-refractivity contribution in [2.24, 2.45) is 0 Å². The summed E-state index contributed by atoms with van der Waals surface area (Å²) in [6, 6.07) is 15.7. The van der Waals surface area contributed by atoms with Gasteiger partial charge in [0.05, 0.1) is 6.61 Å². The monoisotopic (exact) mass is 468 g/mol. The molecule has 0 bridgehead atoms. The SMILES string of the molecule is CCCC[C@@H](CC(=O)N(CCO)CC(=O)O)NC(=O)OCC1c2ccccc2-c2ccccc21. The van der Waals surface area contributed by atoms with E-state index in [1.165, 1.54) is 0 Å². The molecule has 3 rings (SSSR count). The van der Waals surface area contributed by atoms with E-state index in [0.29, 0.717) is 6.42 Å². The molecule has 34 heavy (non-hydrogen) atoms. The fourth-order valence-corrected chi connectivity index (χ4v) is 4.40. The number of nitrogens with zero attached hydrogens (tertiary/aromatic N) is 1. The maximum absolute atomic E-state index is 12.7. The molecule has 1 atom stereocenters. The van der Waals surface area contributed by atoms with Crippen molar-refractivity contribution in [2.75, 3.05) is 26.3 Å². The van der Waals surface area contributed by atoms with Gasteiger partial charge in [0.15, 0.2) is 0 Å². The zero-order chi connectivity index (χ0) is 24.5. The Morgan fingerprint density at radius 2 is 1.68 bits per heavy atom. The maximum Gasteiger partial charge on any atom is 0.407 e. The van der Waals surface area contributed by atoms with Crippen LogP contribution < -0.4 is 5.32 Å². The third kappa shape index (κ3) is 6.35. The highest BCUT2D eigenvalue weighted by molar-refractivity contribution is 5.82. The van der Waals surface area contributed by atoms with Gasteiger partial charge in [-0.25, -0.2) is 4.79 Å². The normalized spacial score (nSPS) is 13.0. The molecule has 0 saturated carbocycles. The predicted octanol–water partition coefficient (Wildman–Crippen LogP) is 3.38. The summed E-state index contributed by atoms with van der Waals surface area (Å²) in [5, 5.41) is 21.0. The molecule has 182 valence electrons. The first kappa shape index (κ1) is 25.2. The highest BCUT2D eigenvalue weighted by Gasteiger charge is 2.29. The molecule has 0 fully saturated rings. The molecule has 3 N–H and O–H groups in total. The van der Waals surface area contributed by atoms with Crippen molar-refractivity contribution in [1.29, 1.82) is 0 Å². The van der Waals surface area contributed by atoms with E-state index in [1.807, 2.05) is 43.3 Å². The molecule has 0 radical (unpaired) electrons. The standard InChI is InChI=1S/C26H32N2O6/c1-2-3-8-18(15-24(30)28(13-14-29)16-25(31)32)27-26(33)34-17-23-21-11-6-4-9-19(21)20-10-5-7-12-22(20)23/h4-7,9-12,18,23,29H,2-3,8,13-17H2,1H3,(H,27,33)(H,31,32)/t18-/m0/s1. The van der Waals surface area contributed by atoms with Gasteiger partial charge in [0, 0.05) is 24.9 Å². The van der Waals surface area contributed by atoms with Crippen LogP contribution in [0.4, 0.5) is 4.79 Å². The lowest BCUT2D eigenvalue weighted by Crippen LogP contribution is -2.43. The van der Waals surface area contributed by atoms with Gasteiger partial charge in [0.25, 0.3) is 0 Å². The van der Waals surface area contributed by atoms with Crippen molar-refractivity contribution in [2.45, 2.75) is 44.6 Å². The smallest absolute Gasteiger partial charge is 0.407 e. The zero-order valence-corrected chi connectivity index (χ0v) is 19.4. The number of carboxylic acids is 1. The van der Waals surface area contributed by atoms with Crippen LogP contribution in [0.5, 0.6) is 0 Å². The average Bonchev–Trinajstić information content (AvgIpc) is 3.14. The number of nitrogens with one attached hydrogen (secondary N) is 1. The highest BCUT2D eigenvalue weighted by Crippen LogP contribution is 2.44. The first-order chi connectivity index (χ1) is 16.4. The number of ether oxygens (including phenoxy) is 1. The van der Waals surface area contributed by atoms with Crippen LogP contribution in [0, 0.1) is 0 Å². The van der Waals surface area contributed by atoms with Crippen molar-refractivity contribution in [3.8, 4) is 11.1 Å². The minimum absolute atomic E-state index is 0.0581. The van der Waals surface area contributed by atoms with Gasteiger partial charge in [0.2, 0.25) is 5.91 Å². The van der Waals surface area contributed by atoms with Gasteiger partial charge in [-0.3, -0.25) is 9.59 Å². The number of aliphatic carboxylic acids is 1. The summed E-state index contributed by atoms with van der Waals surface area (Å²) in [5.41, 5.74) is 4.51. The van der Waals surface area contributed by atoms with E-state index < -0.39 is 30.6 Å². The number of hydrogen-bond acceptors (Lipinski definition) is 5. The first-order valence-corrected chi connectivity index (χ1v) is 11.7. The van der Waals surface area contributed by atoms with Crippen LogP contribution in [0.3, 0.4) is 0 Å². The Balaban J connectivity index is 1.63. The minimum Gasteiger partial charge on any atom is -0.480 e. The Labute approximate surface area is 199 Å². The predicted molar refractivity (Wildman–Crippen MR) is 127 cm³/mol. The van der Waals surface area contributed by atoms with Crippen molar-refractivity contribution in [3.63, 3.8) is 0 Å². The van der Waals surface area contributed by atoms with Gasteiger partial charge >= 0.3 is 12.1 Å². The van der Waals surface area contributed by atoms with Crippen LogP contribution in [-0.2, 0) is 14.3 Å². The number of amides is 2. The third-order valence-corrected chi connectivity index (χ3v) is 6.04. The number of hydrogen-bond donors (Lipinski definition) is 3. The van der Waals surface area contributed by atoms with Gasteiger partial charge in [-0.15, -0.1) is 0 Å². The second-order valence-electron chi connectivity index (χ2n) is 8.45. The molecule has 0 unspecified atom stereocenters. The van der Waals surface area contributed by atoms with Gasteiger partial charge in [-0.2, -0.15) is 0 Å². The number of carbonyl (C=O) groups is 3. The highest BCUT2D eigenvalue weighted by atomic mass is 16.5. The molecular formula is C26H32N2O6. The zero-order valence-electron chi connectivity index (χ0n) is 19.4. The van der Waals surface area contributed by atoms with Gasteiger partial charge in [0.1, 0.15) is 13.2 Å². The van der Waals surface area contributed by atoms with E-state index in [9.17, 15) is 14.4 Å². The van der Waals surface area contributed by atoms with Gasteiger partial charge in [-0.1, -0.05) is 68.3 Å². The topological polar surface area (TPSA) is 116 Å². The Morgan fingerprint density at radius 3 is 2.24 bits per heavy atom. The summed E-state index contributed by atoms with van der Waals surface area (Å²) in [7, 11) is 0. The molecule has 0 spiro atoms. The number of fused-ring (bicyclic) bond motifs is 3. The number of rotatable bonds is 12. The summed E-state index contributed by atoms with van der Waals surface area (Å²) in [4.78, 5) is 37.4. The van der Waals surface area contributed by atoms with Crippen LogP contribution in [-0.4, -0.2) is 65.4 Å². The number of benzene rings is 2. The van der Waals surface area contributed by atoms with Crippen LogP contribution in [0.25, 0.3) is 11.1 Å². The lowest BCUT2D eigenvalue weighted by Gasteiger charge is -2.24. The Kier molecular flexibility index (Phi) is 9.04. The Bertz CT molecular complexity index is 963. The number of carboxylic acid groups (broad SMARTS) is 1. The molecule has 2 aromatic carbocycles. The molecule has 1 aliphatic carbocycles. The molecule has 8 nitrogen and oxygen atoms in total. The molecule has 2 aromatic rings. The van der Waals surface area contributed by atoms with E-state index in [0.717, 1.165) is 40.0 Å². The number of unbranched alkanes of at least 4 members (excludes halogenated alkanes) is 1. The minimum atomic E-state index is -1.16. The number of aliphatic hydroxyl groups is 1. The summed E-state index contributed by atoms with van der Waals surface area (Å²) >= 11 is 0. The summed E-state index contributed by atoms with van der Waals surface area (Å²) in [6.07, 6.45) is 1.57. The number of aliphatic hydroxyl groups excluding tert-OH is 1. The summed E-state index contributed by atoms with van der Waals surface area (Å²) < 4.78 is 5.60. The molecule has 0 aliphatic heterocycles. The van der Waals surface area contributed by atoms with Crippen molar-refractivity contribution in [1.82, 2.24) is 10.2 Å². The molecule has 2 amide bonds. The number of alkyl carbamates (subject to hydrolysis) is 1. The first-order valence-electron chi connectivity index (χ1n) is 11.7. The third-order valence-electron chi connectivity index (χ3n) is 6.04. The van der Waals surface area contributed by atoms with E-state index in [2.05, 4.69) is 17.4 Å². The van der Waals surface area contributed by atoms with Crippen LogP contribution in [0.1, 0.15) is 49.7 Å². The summed E-state index contributed by atoms with van der Waals surface area (Å²) in [5.74, 6) is -1.66. The van der Waals surface area contributed by atoms with Crippen LogP contribution >= 0.6 is 0 Å². The fourth-order valence-electron chi connectivity index (χ4n) is 4.40. The van der Waals surface area contributed by atoms with Gasteiger partial charge in [-0.05, 0) is 28.7 Å². The number of carbonyl (C=O) groups excluding carboxylic acids is 2. The van der Waals surface area contributed by atoms with Gasteiger partial charge < -0.3 is 25.2 Å². The maximum atomic E-state index is 12.7. The molecule has 0 saturated heterocycles. The Hall–Kier alpha value is -3.39. The largest absolute Gasteiger partial charge is 0.480 e. The van der Waals surface area contributed by atoms with Crippen molar-refractivity contribution in [3.05, 3.63) is 59.7 Å². The van der Waals surface area contributed by atoms with Crippen molar-refractivity contribution >= 4 is 18.0 Å². The molecule has 1 aliphatic rings. The van der Waals surface area contributed by atoms with E-state index >= 15 is 0 Å². The average molecular weight is 469 g/mol. The van der Waals surface area contributed by atoms with E-state index in [4.69, 9.17) is 14.9 Å². The quantitative estimate of drug-likeness (QED) is 0.440. The second-order valence-corrected chi connectivity index (χ2v) is 8.45. The molecule has 8 heteroatoms. The van der Waals surface area contributed by atoms with Crippen LogP contribution in [0.15, 0.2) is 48.5 Å². The van der Waals surface area contributed by atoms with E-state index in [-0.39, 0.29) is 32.1 Å². The van der Waals surface area contributed by atoms with E-state index in [1.54, 1.807) is 0 Å². The fraction of sp³-hybridized carbons (Fsp3) is 0.423. The molecule has 0 heterocycles. The second kappa shape index (κ2) is 12.2. The molecule has 0 aromatic heterocycles. The lowest BCUT2D eigenvalue weighted by atomic mass is 9.98. The summed E-state index contributed by atoms with van der Waals surface area (Å²) in [6.45, 7) is 1.28. The van der Waals surface area contributed by atoms with Crippen molar-refractivity contribution < 1.29 is 29.3 Å². The lowest BCUT2D eigenvalue weighted by molar-refractivity contribution is -0.145.